The zero-order valence-electron chi connectivity index (χ0n) is 10.1. The Morgan fingerprint density at radius 1 is 1.22 bits per heavy atom. The lowest BCUT2D eigenvalue weighted by atomic mass is 10.1. The van der Waals surface area contributed by atoms with E-state index in [0.29, 0.717) is 6.04 Å². The van der Waals surface area contributed by atoms with E-state index in [1.54, 1.807) is 0 Å². The molecule has 0 saturated carbocycles. The summed E-state index contributed by atoms with van der Waals surface area (Å²) in [6.07, 6.45) is 6.35. The van der Waals surface area contributed by atoms with Gasteiger partial charge in [0.15, 0.2) is 0 Å². The number of piperidine rings is 1. The summed E-state index contributed by atoms with van der Waals surface area (Å²) in [6, 6.07) is 8.84. The van der Waals surface area contributed by atoms with Gasteiger partial charge in [0, 0.05) is 28.5 Å². The summed E-state index contributed by atoms with van der Waals surface area (Å²) in [5, 5.41) is 3.40. The van der Waals surface area contributed by atoms with Crippen molar-refractivity contribution in [3.63, 3.8) is 0 Å². The van der Waals surface area contributed by atoms with E-state index in [1.165, 1.54) is 18.4 Å². The molecule has 2 heterocycles. The lowest BCUT2D eigenvalue weighted by Crippen LogP contribution is -2.29. The third kappa shape index (κ3) is 2.22. The Labute approximate surface area is 115 Å². The molecule has 94 valence electrons. The van der Waals surface area contributed by atoms with Crippen molar-refractivity contribution in [2.24, 2.45) is 0 Å². The highest BCUT2D eigenvalue weighted by Crippen LogP contribution is 2.30. The highest BCUT2D eigenvalue weighted by Gasteiger charge is 2.18. The van der Waals surface area contributed by atoms with Crippen LogP contribution >= 0.6 is 15.9 Å². The Balaban J connectivity index is 1.98. The second kappa shape index (κ2) is 5.24. The van der Waals surface area contributed by atoms with Crippen LogP contribution in [-0.2, 0) is 0 Å². The summed E-state index contributed by atoms with van der Waals surface area (Å²) in [7, 11) is 0. The van der Waals surface area contributed by atoms with Crippen LogP contribution in [0.4, 0.5) is 0 Å². The number of benzene rings is 1. The monoisotopic (exact) mass is 305 g/mol. The zero-order chi connectivity index (χ0) is 12.4. The van der Waals surface area contributed by atoms with Gasteiger partial charge in [0.1, 0.15) is 5.82 Å². The second-order valence-electron chi connectivity index (χ2n) is 4.62. The van der Waals surface area contributed by atoms with E-state index in [-0.39, 0.29) is 0 Å². The van der Waals surface area contributed by atoms with Gasteiger partial charge in [0.2, 0.25) is 0 Å². The van der Waals surface area contributed by atoms with Gasteiger partial charge in [0.25, 0.3) is 0 Å². The van der Waals surface area contributed by atoms with Crippen molar-refractivity contribution in [3.8, 4) is 11.4 Å². The predicted octanol–water partition coefficient (Wildman–Crippen LogP) is 3.24. The number of hydrogen-bond acceptors (Lipinski definition) is 2. The van der Waals surface area contributed by atoms with Crippen LogP contribution in [0, 0.1) is 0 Å². The Morgan fingerprint density at radius 3 is 2.78 bits per heavy atom. The fourth-order valence-corrected chi connectivity index (χ4v) is 3.01. The molecule has 3 rings (SSSR count). The van der Waals surface area contributed by atoms with E-state index < -0.39 is 0 Å². The zero-order valence-corrected chi connectivity index (χ0v) is 11.7. The predicted molar refractivity (Wildman–Crippen MR) is 76.5 cm³/mol. The second-order valence-corrected chi connectivity index (χ2v) is 5.47. The van der Waals surface area contributed by atoms with Gasteiger partial charge in [-0.05, 0) is 32.0 Å². The molecule has 1 aliphatic rings. The van der Waals surface area contributed by atoms with Crippen molar-refractivity contribution in [3.05, 3.63) is 41.1 Å². The topological polar surface area (TPSA) is 29.9 Å². The van der Waals surface area contributed by atoms with Gasteiger partial charge in [-0.2, -0.15) is 0 Å². The third-order valence-electron chi connectivity index (χ3n) is 3.49. The van der Waals surface area contributed by atoms with Gasteiger partial charge in [-0.15, -0.1) is 0 Å². The third-order valence-corrected chi connectivity index (χ3v) is 4.18. The fraction of sp³-hybridized carbons (Fsp3) is 0.357. The molecule has 0 unspecified atom stereocenters. The van der Waals surface area contributed by atoms with Crippen LogP contribution in [-0.4, -0.2) is 22.6 Å². The van der Waals surface area contributed by atoms with Gasteiger partial charge in [-0.3, -0.25) is 0 Å². The SMILES string of the molecule is Brc1ccccc1-c1nccn1C1CCNCC1. The van der Waals surface area contributed by atoms with E-state index in [0.717, 1.165) is 23.4 Å². The molecular formula is C14H16BrN3. The molecule has 4 heteroatoms. The van der Waals surface area contributed by atoms with E-state index in [9.17, 15) is 0 Å². The molecule has 0 amide bonds. The highest BCUT2D eigenvalue weighted by molar-refractivity contribution is 9.10. The molecule has 0 aliphatic carbocycles. The quantitative estimate of drug-likeness (QED) is 0.923. The average Bonchev–Trinajstić information content (AvgIpc) is 2.89. The van der Waals surface area contributed by atoms with Gasteiger partial charge in [-0.25, -0.2) is 4.98 Å². The largest absolute Gasteiger partial charge is 0.328 e. The molecule has 0 radical (unpaired) electrons. The molecule has 1 N–H and O–H groups in total. The van der Waals surface area contributed by atoms with E-state index >= 15 is 0 Å². The summed E-state index contributed by atoms with van der Waals surface area (Å²) >= 11 is 3.61. The summed E-state index contributed by atoms with van der Waals surface area (Å²) < 4.78 is 3.42. The number of nitrogens with zero attached hydrogens (tertiary/aromatic N) is 2. The van der Waals surface area contributed by atoms with Crippen LogP contribution in [0.2, 0.25) is 0 Å². The van der Waals surface area contributed by atoms with Crippen molar-refractivity contribution in [1.29, 1.82) is 0 Å². The van der Waals surface area contributed by atoms with Crippen LogP contribution < -0.4 is 5.32 Å². The number of hydrogen-bond donors (Lipinski definition) is 1. The van der Waals surface area contributed by atoms with Crippen LogP contribution in [0.15, 0.2) is 41.1 Å². The molecule has 1 aromatic heterocycles. The first kappa shape index (κ1) is 11.9. The molecule has 1 fully saturated rings. The normalized spacial score (nSPS) is 16.9. The first-order chi connectivity index (χ1) is 8.86. The minimum absolute atomic E-state index is 0.566. The fourth-order valence-electron chi connectivity index (χ4n) is 2.54. The summed E-state index contributed by atoms with van der Waals surface area (Å²) in [5.41, 5.74) is 1.17. The van der Waals surface area contributed by atoms with Crippen molar-refractivity contribution in [2.45, 2.75) is 18.9 Å². The van der Waals surface area contributed by atoms with Crippen molar-refractivity contribution < 1.29 is 0 Å². The van der Waals surface area contributed by atoms with Crippen molar-refractivity contribution in [2.75, 3.05) is 13.1 Å². The molecule has 1 aliphatic heterocycles. The minimum atomic E-state index is 0.566. The van der Waals surface area contributed by atoms with Crippen LogP contribution in [0.25, 0.3) is 11.4 Å². The lowest BCUT2D eigenvalue weighted by Gasteiger charge is -2.25. The van der Waals surface area contributed by atoms with E-state index in [1.807, 2.05) is 12.3 Å². The molecule has 0 spiro atoms. The summed E-state index contributed by atoms with van der Waals surface area (Å²) in [6.45, 7) is 2.19. The van der Waals surface area contributed by atoms with Crippen LogP contribution in [0.3, 0.4) is 0 Å². The minimum Gasteiger partial charge on any atom is -0.328 e. The highest BCUT2D eigenvalue weighted by atomic mass is 79.9. The number of rotatable bonds is 2. The van der Waals surface area contributed by atoms with Gasteiger partial charge >= 0.3 is 0 Å². The van der Waals surface area contributed by atoms with E-state index in [2.05, 4.69) is 55.2 Å². The van der Waals surface area contributed by atoms with Gasteiger partial charge < -0.3 is 9.88 Å². The molecule has 0 atom stereocenters. The molecule has 1 aromatic carbocycles. The number of halogens is 1. The standard InChI is InChI=1S/C14H16BrN3/c15-13-4-2-1-3-12(13)14-17-9-10-18(14)11-5-7-16-8-6-11/h1-4,9-11,16H,5-8H2. The van der Waals surface area contributed by atoms with Crippen LogP contribution in [0.1, 0.15) is 18.9 Å². The number of nitrogens with one attached hydrogen (secondary N) is 1. The Hall–Kier alpha value is -1.13. The smallest absolute Gasteiger partial charge is 0.141 e. The van der Waals surface area contributed by atoms with Crippen LogP contribution in [0.5, 0.6) is 0 Å². The molecule has 0 bridgehead atoms. The average molecular weight is 306 g/mol. The first-order valence-corrected chi connectivity index (χ1v) is 7.14. The summed E-state index contributed by atoms with van der Waals surface area (Å²) in [4.78, 5) is 4.54. The molecule has 3 nitrogen and oxygen atoms in total. The lowest BCUT2D eigenvalue weighted by molar-refractivity contribution is 0.370. The Morgan fingerprint density at radius 2 is 2.00 bits per heavy atom. The Kier molecular flexibility index (Phi) is 3.48. The van der Waals surface area contributed by atoms with Gasteiger partial charge in [0.05, 0.1) is 0 Å². The maximum atomic E-state index is 4.54. The van der Waals surface area contributed by atoms with Gasteiger partial charge in [-0.1, -0.05) is 34.1 Å². The molecular weight excluding hydrogens is 290 g/mol. The number of imidazole rings is 1. The number of aromatic nitrogens is 2. The van der Waals surface area contributed by atoms with Crippen molar-refractivity contribution >= 4 is 15.9 Å². The maximum absolute atomic E-state index is 4.54. The van der Waals surface area contributed by atoms with Crippen molar-refractivity contribution in [1.82, 2.24) is 14.9 Å². The Bertz CT molecular complexity index is 529. The first-order valence-electron chi connectivity index (χ1n) is 6.35. The van der Waals surface area contributed by atoms with E-state index in [4.69, 9.17) is 0 Å². The summed E-state index contributed by atoms with van der Waals surface area (Å²) in [5.74, 6) is 1.06. The molecule has 18 heavy (non-hydrogen) atoms. The molecule has 1 saturated heterocycles. The molecule has 2 aromatic rings. The maximum Gasteiger partial charge on any atom is 0.141 e.